The topological polar surface area (TPSA) is 63.0 Å². The first kappa shape index (κ1) is 19.2. The highest BCUT2D eigenvalue weighted by Crippen LogP contribution is 2.26. The van der Waals surface area contributed by atoms with Crippen molar-refractivity contribution in [2.45, 2.75) is 13.0 Å². The molecule has 5 nitrogen and oxygen atoms in total. The van der Waals surface area contributed by atoms with E-state index in [-0.39, 0.29) is 11.6 Å². The number of H-pyrrole nitrogens is 1. The first-order valence-electron chi connectivity index (χ1n) is 10.1. The molecule has 0 radical (unpaired) electrons. The monoisotopic (exact) mass is 424 g/mol. The molecule has 5 aromatic rings. The highest BCUT2D eigenvalue weighted by atomic mass is 32.1. The van der Waals surface area contributed by atoms with Gasteiger partial charge in [-0.3, -0.25) is 14.9 Å². The van der Waals surface area contributed by atoms with Crippen molar-refractivity contribution < 1.29 is 0 Å². The van der Waals surface area contributed by atoms with E-state index in [1.807, 2.05) is 91.9 Å². The van der Waals surface area contributed by atoms with Gasteiger partial charge in [-0.2, -0.15) is 4.68 Å². The Labute approximate surface area is 183 Å². The zero-order valence-electron chi connectivity index (χ0n) is 16.9. The Kier molecular flexibility index (Phi) is 5.06. The second-order valence-electron chi connectivity index (χ2n) is 7.24. The number of benzene rings is 3. The Morgan fingerprint density at radius 2 is 1.65 bits per heavy atom. The van der Waals surface area contributed by atoms with Gasteiger partial charge in [0.05, 0.1) is 27.5 Å². The van der Waals surface area contributed by atoms with Crippen molar-refractivity contribution >= 4 is 27.8 Å². The molecule has 5 rings (SSSR count). The zero-order chi connectivity index (χ0) is 21.2. The van der Waals surface area contributed by atoms with E-state index >= 15 is 0 Å². The third kappa shape index (κ3) is 3.73. The van der Waals surface area contributed by atoms with E-state index < -0.39 is 0 Å². The lowest BCUT2D eigenvalue weighted by Gasteiger charge is -2.05. The van der Waals surface area contributed by atoms with Crippen LogP contribution in [-0.2, 0) is 0 Å². The Morgan fingerprint density at radius 3 is 2.39 bits per heavy atom. The number of hydrogen-bond acceptors (Lipinski definition) is 4. The van der Waals surface area contributed by atoms with Crippen molar-refractivity contribution in [2.24, 2.45) is 4.99 Å². The average molecular weight is 425 g/mol. The molecule has 2 heterocycles. The number of nitrogens with zero attached hydrogens (tertiary/aromatic N) is 3. The van der Waals surface area contributed by atoms with Gasteiger partial charge in [-0.15, -0.1) is 0 Å². The summed E-state index contributed by atoms with van der Waals surface area (Å²) in [7, 11) is 0. The molecule has 0 saturated heterocycles. The number of para-hydroxylation sites is 1. The lowest BCUT2D eigenvalue weighted by molar-refractivity contribution is 0.824. The minimum absolute atomic E-state index is 0.0602. The van der Waals surface area contributed by atoms with E-state index in [0.29, 0.717) is 10.7 Å². The van der Waals surface area contributed by atoms with Gasteiger partial charge >= 0.3 is 0 Å². The summed E-state index contributed by atoms with van der Waals surface area (Å²) in [6.07, 6.45) is 1.68. The van der Waals surface area contributed by atoms with Gasteiger partial charge in [-0.05, 0) is 24.6 Å². The minimum Gasteiger partial charge on any atom is -0.288 e. The fraction of sp³-hybridized carbons (Fsp3) is 0.0800. The number of aromatic amines is 1. The van der Waals surface area contributed by atoms with Crippen LogP contribution < -0.4 is 5.56 Å². The van der Waals surface area contributed by atoms with Crippen LogP contribution in [0.4, 0.5) is 0 Å². The van der Waals surface area contributed by atoms with Crippen LogP contribution in [0.3, 0.4) is 0 Å². The van der Waals surface area contributed by atoms with E-state index in [1.165, 1.54) is 16.0 Å². The zero-order valence-corrected chi connectivity index (χ0v) is 17.7. The quantitative estimate of drug-likeness (QED) is 0.372. The number of thiazole rings is 1. The van der Waals surface area contributed by atoms with Crippen LogP contribution in [0.5, 0.6) is 0 Å². The van der Waals surface area contributed by atoms with E-state index in [4.69, 9.17) is 0 Å². The van der Waals surface area contributed by atoms with Crippen molar-refractivity contribution in [3.8, 4) is 16.4 Å². The number of hydrogen-bond donors (Lipinski definition) is 1. The Morgan fingerprint density at radius 1 is 0.968 bits per heavy atom. The molecule has 0 bridgehead atoms. The third-order valence-electron chi connectivity index (χ3n) is 5.17. The van der Waals surface area contributed by atoms with Crippen LogP contribution >= 0.6 is 11.3 Å². The molecule has 6 heteroatoms. The summed E-state index contributed by atoms with van der Waals surface area (Å²) in [5.41, 5.74) is 3.98. The second-order valence-corrected chi connectivity index (χ2v) is 8.25. The van der Waals surface area contributed by atoms with Crippen molar-refractivity contribution in [3.63, 3.8) is 0 Å². The number of rotatable bonds is 5. The first-order chi connectivity index (χ1) is 15.2. The van der Waals surface area contributed by atoms with E-state index in [2.05, 4.69) is 15.1 Å². The van der Waals surface area contributed by atoms with Gasteiger partial charge in [0, 0.05) is 11.8 Å². The van der Waals surface area contributed by atoms with Crippen LogP contribution in [0, 0.1) is 0 Å². The van der Waals surface area contributed by atoms with Gasteiger partial charge in [0.25, 0.3) is 5.56 Å². The Balaban J connectivity index is 1.62. The predicted octanol–water partition coefficient (Wildman–Crippen LogP) is 5.62. The summed E-state index contributed by atoms with van der Waals surface area (Å²) >= 11 is 1.48. The molecular weight excluding hydrogens is 404 g/mol. The average Bonchev–Trinajstić information content (AvgIpc) is 3.39. The Hall–Kier alpha value is -3.77. The van der Waals surface area contributed by atoms with Crippen molar-refractivity contribution in [1.82, 2.24) is 14.8 Å². The molecule has 2 aromatic heterocycles. The van der Waals surface area contributed by atoms with Crippen LogP contribution in [-0.4, -0.2) is 21.0 Å². The second kappa shape index (κ2) is 8.16. The van der Waals surface area contributed by atoms with Crippen LogP contribution in [0.1, 0.15) is 24.1 Å². The lowest BCUT2D eigenvalue weighted by atomic mass is 10.1. The highest BCUT2D eigenvalue weighted by Gasteiger charge is 2.18. The maximum Gasteiger partial charge on any atom is 0.282 e. The molecular formula is C25H20N4OS. The normalized spacial score (nSPS) is 12.5. The maximum atomic E-state index is 13.4. The molecule has 31 heavy (non-hydrogen) atoms. The molecule has 1 unspecified atom stereocenters. The largest absolute Gasteiger partial charge is 0.288 e. The molecule has 0 aliphatic rings. The summed E-state index contributed by atoms with van der Waals surface area (Å²) in [5, 5.41) is 3.88. The summed E-state index contributed by atoms with van der Waals surface area (Å²) in [4.78, 5) is 22.7. The van der Waals surface area contributed by atoms with Gasteiger partial charge in [0.2, 0.25) is 5.13 Å². The molecule has 1 N–H and O–H groups in total. The number of aromatic nitrogens is 3. The summed E-state index contributed by atoms with van der Waals surface area (Å²) in [6.45, 7) is 2.02. The maximum absolute atomic E-state index is 13.4. The van der Waals surface area contributed by atoms with E-state index in [0.717, 1.165) is 27.0 Å². The molecule has 0 saturated carbocycles. The minimum atomic E-state index is -0.165. The standard InChI is InChI=1S/C25H20N4OS/c1-17(18-10-4-2-5-11-18)26-16-20-23(19-12-6-3-7-13-19)28-29(24(20)30)25-27-21-14-8-9-15-22(21)31-25/h2-17,28H,1H3. The van der Waals surface area contributed by atoms with Gasteiger partial charge in [-0.25, -0.2) is 4.98 Å². The fourth-order valence-corrected chi connectivity index (χ4v) is 4.41. The van der Waals surface area contributed by atoms with Crippen LogP contribution in [0.15, 0.2) is 94.7 Å². The van der Waals surface area contributed by atoms with Gasteiger partial charge in [0.1, 0.15) is 0 Å². The van der Waals surface area contributed by atoms with Crippen LogP contribution in [0.2, 0.25) is 0 Å². The predicted molar refractivity (Wildman–Crippen MR) is 127 cm³/mol. The van der Waals surface area contributed by atoms with E-state index in [9.17, 15) is 4.79 Å². The summed E-state index contributed by atoms with van der Waals surface area (Å²) < 4.78 is 2.55. The third-order valence-corrected chi connectivity index (χ3v) is 6.19. The molecule has 0 aliphatic carbocycles. The van der Waals surface area contributed by atoms with E-state index in [1.54, 1.807) is 6.21 Å². The molecule has 0 spiro atoms. The van der Waals surface area contributed by atoms with Gasteiger partial charge in [-0.1, -0.05) is 84.1 Å². The van der Waals surface area contributed by atoms with Crippen molar-refractivity contribution in [2.75, 3.05) is 0 Å². The molecule has 0 amide bonds. The summed E-state index contributed by atoms with van der Waals surface area (Å²) in [5.74, 6) is 0. The smallest absolute Gasteiger partial charge is 0.282 e. The number of aliphatic imine (C=N–C) groups is 1. The number of fused-ring (bicyclic) bond motifs is 1. The molecule has 1 atom stereocenters. The van der Waals surface area contributed by atoms with Crippen LogP contribution in [0.25, 0.3) is 26.6 Å². The fourth-order valence-electron chi connectivity index (χ4n) is 3.49. The molecule has 3 aromatic carbocycles. The highest BCUT2D eigenvalue weighted by molar-refractivity contribution is 7.20. The SMILES string of the molecule is CC(N=Cc1c(-c2ccccc2)[nH]n(-c2nc3ccccc3s2)c1=O)c1ccccc1. The van der Waals surface area contributed by atoms with Gasteiger partial charge < -0.3 is 0 Å². The molecule has 0 fully saturated rings. The number of nitrogens with one attached hydrogen (secondary N) is 1. The van der Waals surface area contributed by atoms with Gasteiger partial charge in [0.15, 0.2) is 0 Å². The van der Waals surface area contributed by atoms with Crippen molar-refractivity contribution in [3.05, 3.63) is 106 Å². The Bertz CT molecular complexity index is 1380. The first-order valence-corrected chi connectivity index (χ1v) is 10.9. The molecule has 0 aliphatic heterocycles. The molecule has 152 valence electrons. The summed E-state index contributed by atoms with van der Waals surface area (Å²) in [6, 6.07) is 27.7. The van der Waals surface area contributed by atoms with Crippen molar-refractivity contribution in [1.29, 1.82) is 0 Å². The lowest BCUT2D eigenvalue weighted by Crippen LogP contribution is -2.17.